The van der Waals surface area contributed by atoms with Crippen molar-refractivity contribution in [1.82, 2.24) is 19.5 Å². The van der Waals surface area contributed by atoms with Crippen LogP contribution in [0, 0.1) is 0 Å². The van der Waals surface area contributed by atoms with Gasteiger partial charge in [0.1, 0.15) is 11.2 Å². The van der Waals surface area contributed by atoms with Gasteiger partial charge in [0.2, 0.25) is 0 Å². The Hall–Kier alpha value is -7.63. The van der Waals surface area contributed by atoms with E-state index in [4.69, 9.17) is 19.4 Å². The number of benzene rings is 8. The minimum absolute atomic E-state index is 0.597. The largest absolute Gasteiger partial charge is 0.456 e. The van der Waals surface area contributed by atoms with Crippen LogP contribution in [0.15, 0.2) is 199 Å². The smallest absolute Gasteiger partial charge is 0.164 e. The van der Waals surface area contributed by atoms with Gasteiger partial charge < -0.3 is 8.98 Å². The fourth-order valence-corrected chi connectivity index (χ4v) is 8.01. The summed E-state index contributed by atoms with van der Waals surface area (Å²) >= 11 is 0. The number of hydrogen-bond donors (Lipinski definition) is 0. The summed E-state index contributed by atoms with van der Waals surface area (Å²) in [4.78, 5) is 15.1. The van der Waals surface area contributed by atoms with E-state index in [1.165, 1.54) is 32.9 Å². The van der Waals surface area contributed by atoms with Gasteiger partial charge in [0.25, 0.3) is 0 Å². The minimum Gasteiger partial charge on any atom is -0.456 e. The third-order valence-corrected chi connectivity index (χ3v) is 10.7. The molecule has 0 spiro atoms. The van der Waals surface area contributed by atoms with E-state index in [9.17, 15) is 0 Å². The van der Waals surface area contributed by atoms with Gasteiger partial charge in [0, 0.05) is 43.9 Å². The second-order valence-corrected chi connectivity index (χ2v) is 14.0. The van der Waals surface area contributed by atoms with Crippen LogP contribution in [-0.4, -0.2) is 19.5 Å². The Labute approximate surface area is 322 Å². The molecule has 0 aliphatic carbocycles. The molecule has 56 heavy (non-hydrogen) atoms. The van der Waals surface area contributed by atoms with Crippen molar-refractivity contribution >= 4 is 43.7 Å². The number of nitrogens with zero attached hydrogens (tertiary/aromatic N) is 4. The lowest BCUT2D eigenvalue weighted by Gasteiger charge is -2.11. The van der Waals surface area contributed by atoms with Gasteiger partial charge in [-0.2, -0.15) is 0 Å². The summed E-state index contributed by atoms with van der Waals surface area (Å²) in [5.41, 5.74) is 12.4. The van der Waals surface area contributed by atoms with Crippen LogP contribution in [-0.2, 0) is 0 Å². The monoisotopic (exact) mass is 716 g/mol. The minimum atomic E-state index is 0.597. The molecular formula is C51H32N4O. The van der Waals surface area contributed by atoms with Gasteiger partial charge in [-0.3, -0.25) is 0 Å². The molecule has 0 unspecified atom stereocenters. The van der Waals surface area contributed by atoms with Gasteiger partial charge in [0.05, 0.1) is 11.0 Å². The summed E-state index contributed by atoms with van der Waals surface area (Å²) in [7, 11) is 0. The highest BCUT2D eigenvalue weighted by atomic mass is 16.3. The van der Waals surface area contributed by atoms with Crippen molar-refractivity contribution in [2.24, 2.45) is 0 Å². The van der Waals surface area contributed by atoms with Crippen LogP contribution in [0.1, 0.15) is 0 Å². The Bertz CT molecular complexity index is 3180. The number of para-hydroxylation sites is 1. The van der Waals surface area contributed by atoms with Crippen LogP contribution in [0.3, 0.4) is 0 Å². The van der Waals surface area contributed by atoms with Gasteiger partial charge in [-0.15, -0.1) is 0 Å². The summed E-state index contributed by atoms with van der Waals surface area (Å²) in [5.74, 6) is 1.84. The summed E-state index contributed by atoms with van der Waals surface area (Å²) in [5, 5.41) is 4.44. The van der Waals surface area contributed by atoms with Crippen LogP contribution in [0.2, 0.25) is 0 Å². The van der Waals surface area contributed by atoms with E-state index in [1.54, 1.807) is 0 Å². The van der Waals surface area contributed by atoms with Crippen LogP contribution < -0.4 is 0 Å². The maximum absolute atomic E-state index is 6.49. The maximum atomic E-state index is 6.49. The second kappa shape index (κ2) is 13.0. The van der Waals surface area contributed by atoms with E-state index < -0.39 is 0 Å². The lowest BCUT2D eigenvalue weighted by molar-refractivity contribution is 0.669. The standard InChI is InChI=1S/C51H32N4O/c1-4-14-33(15-5-1)38-26-28-41-40-22-10-11-24-44(40)55(45(41)32-38)39-21-12-20-36(30-39)37-27-29-46-43(31-37)48-42(23-13-25-47(48)56-46)51-53-49(34-16-6-2-7-17-34)52-50(54-51)35-18-8-3-9-19-35/h1-32H. The van der Waals surface area contributed by atoms with Crippen molar-refractivity contribution in [2.45, 2.75) is 0 Å². The number of hydrogen-bond acceptors (Lipinski definition) is 4. The average Bonchev–Trinajstić information content (AvgIpc) is 3.82. The van der Waals surface area contributed by atoms with Crippen molar-refractivity contribution in [1.29, 1.82) is 0 Å². The van der Waals surface area contributed by atoms with Crippen LogP contribution in [0.5, 0.6) is 0 Å². The van der Waals surface area contributed by atoms with Crippen molar-refractivity contribution in [2.75, 3.05) is 0 Å². The lowest BCUT2D eigenvalue weighted by Crippen LogP contribution is -2.00. The van der Waals surface area contributed by atoms with Gasteiger partial charge in [-0.25, -0.2) is 15.0 Å². The maximum Gasteiger partial charge on any atom is 0.164 e. The van der Waals surface area contributed by atoms with E-state index in [0.29, 0.717) is 17.5 Å². The Kier molecular flexibility index (Phi) is 7.42. The fraction of sp³-hybridized carbons (Fsp3) is 0. The molecule has 0 amide bonds. The first-order valence-corrected chi connectivity index (χ1v) is 18.8. The molecule has 5 heteroatoms. The molecule has 0 fully saturated rings. The third kappa shape index (κ3) is 5.37. The molecule has 0 aliphatic heterocycles. The quantitative estimate of drug-likeness (QED) is 0.172. The third-order valence-electron chi connectivity index (χ3n) is 10.7. The van der Waals surface area contributed by atoms with E-state index in [0.717, 1.165) is 55.4 Å². The zero-order valence-corrected chi connectivity index (χ0v) is 30.2. The molecule has 0 atom stereocenters. The van der Waals surface area contributed by atoms with E-state index in [1.807, 2.05) is 72.8 Å². The molecule has 262 valence electrons. The molecule has 0 saturated heterocycles. The molecule has 5 nitrogen and oxygen atoms in total. The molecule has 0 radical (unpaired) electrons. The second-order valence-electron chi connectivity index (χ2n) is 14.0. The van der Waals surface area contributed by atoms with Crippen LogP contribution >= 0.6 is 0 Å². The SMILES string of the molecule is c1ccc(-c2ccc3c4ccccc4n(-c4cccc(-c5ccc6oc7cccc(-c8nc(-c9ccccc9)nc(-c9ccccc9)n8)c7c6c5)c4)c3c2)cc1. The van der Waals surface area contributed by atoms with Crippen LogP contribution in [0.4, 0.5) is 0 Å². The predicted molar refractivity (Wildman–Crippen MR) is 229 cm³/mol. The first-order chi connectivity index (χ1) is 27.7. The number of rotatable bonds is 6. The highest BCUT2D eigenvalue weighted by Gasteiger charge is 2.19. The first kappa shape index (κ1) is 31.9. The van der Waals surface area contributed by atoms with Crippen molar-refractivity contribution in [3.8, 4) is 62.1 Å². The van der Waals surface area contributed by atoms with Crippen molar-refractivity contribution < 1.29 is 4.42 Å². The molecule has 8 aromatic carbocycles. The molecule has 0 N–H and O–H groups in total. The molecular weight excluding hydrogens is 685 g/mol. The zero-order valence-electron chi connectivity index (χ0n) is 30.2. The average molecular weight is 717 g/mol. The van der Waals surface area contributed by atoms with E-state index in [2.05, 4.69) is 126 Å². The summed E-state index contributed by atoms with van der Waals surface area (Å²) in [6.07, 6.45) is 0. The van der Waals surface area contributed by atoms with E-state index >= 15 is 0 Å². The molecule has 0 aliphatic rings. The lowest BCUT2D eigenvalue weighted by atomic mass is 10.00. The topological polar surface area (TPSA) is 56.7 Å². The van der Waals surface area contributed by atoms with Gasteiger partial charge >= 0.3 is 0 Å². The number of aromatic nitrogens is 4. The Morgan fingerprint density at radius 1 is 0.339 bits per heavy atom. The molecule has 3 aromatic heterocycles. The summed E-state index contributed by atoms with van der Waals surface area (Å²) in [6, 6.07) is 67.6. The molecule has 11 aromatic rings. The fourth-order valence-electron chi connectivity index (χ4n) is 8.01. The van der Waals surface area contributed by atoms with Crippen molar-refractivity contribution in [3.05, 3.63) is 194 Å². The Morgan fingerprint density at radius 3 is 1.66 bits per heavy atom. The number of furan rings is 1. The van der Waals surface area contributed by atoms with Gasteiger partial charge in [-0.05, 0) is 64.7 Å². The molecule has 0 saturated carbocycles. The molecule has 11 rings (SSSR count). The highest BCUT2D eigenvalue weighted by Crippen LogP contribution is 2.40. The van der Waals surface area contributed by atoms with E-state index in [-0.39, 0.29) is 0 Å². The number of fused-ring (bicyclic) bond motifs is 6. The summed E-state index contributed by atoms with van der Waals surface area (Å²) in [6.45, 7) is 0. The Balaban J connectivity index is 1.07. The Morgan fingerprint density at radius 2 is 0.911 bits per heavy atom. The van der Waals surface area contributed by atoms with Crippen molar-refractivity contribution in [3.63, 3.8) is 0 Å². The first-order valence-electron chi connectivity index (χ1n) is 18.8. The normalized spacial score (nSPS) is 11.6. The van der Waals surface area contributed by atoms with Crippen LogP contribution in [0.25, 0.3) is 106 Å². The van der Waals surface area contributed by atoms with Gasteiger partial charge in [0.15, 0.2) is 17.5 Å². The molecule has 3 heterocycles. The summed E-state index contributed by atoms with van der Waals surface area (Å²) < 4.78 is 8.88. The molecule has 0 bridgehead atoms. The highest BCUT2D eigenvalue weighted by molar-refractivity contribution is 6.13. The predicted octanol–water partition coefficient (Wildman–Crippen LogP) is 13.2. The van der Waals surface area contributed by atoms with Gasteiger partial charge in [-0.1, -0.05) is 152 Å². The zero-order chi connectivity index (χ0) is 37.0.